The molecule has 1 aliphatic rings. The van der Waals surface area contributed by atoms with Crippen LogP contribution in [-0.2, 0) is 9.59 Å². The lowest BCUT2D eigenvalue weighted by atomic mass is 9.95. The number of benzene rings is 1. The number of rotatable bonds is 4. The highest BCUT2D eigenvalue weighted by Crippen LogP contribution is 2.25. The molecule has 0 bridgehead atoms. The Morgan fingerprint density at radius 3 is 2.43 bits per heavy atom. The van der Waals surface area contributed by atoms with Crippen molar-refractivity contribution < 1.29 is 14.3 Å². The van der Waals surface area contributed by atoms with Gasteiger partial charge in [0.25, 0.3) is 5.91 Å². The SMILES string of the molecule is CC(Oc1ccccc1Cl)C(=O)N1CCC(C(=O)N(C)C)CC1. The summed E-state index contributed by atoms with van der Waals surface area (Å²) in [6, 6.07) is 7.10. The summed E-state index contributed by atoms with van der Waals surface area (Å²) in [6.07, 6.45) is 0.791. The molecule has 1 fully saturated rings. The van der Waals surface area contributed by atoms with Gasteiger partial charge < -0.3 is 14.5 Å². The first kappa shape index (κ1) is 17.6. The number of hydrogen-bond donors (Lipinski definition) is 0. The molecule has 2 rings (SSSR count). The predicted octanol–water partition coefficient (Wildman–Crippen LogP) is 2.43. The standard InChI is InChI=1S/C17H23ClN2O3/c1-12(23-15-7-5-4-6-14(15)18)16(21)20-10-8-13(9-11-20)17(22)19(2)3/h4-7,12-13H,8-11H2,1-3H3. The van der Waals surface area contributed by atoms with Gasteiger partial charge in [-0.1, -0.05) is 23.7 Å². The zero-order chi connectivity index (χ0) is 17.0. The van der Waals surface area contributed by atoms with Crippen molar-refractivity contribution in [2.45, 2.75) is 25.9 Å². The molecule has 1 heterocycles. The average molecular weight is 339 g/mol. The molecule has 1 aromatic rings. The van der Waals surface area contributed by atoms with Gasteiger partial charge in [0.2, 0.25) is 5.91 Å². The minimum atomic E-state index is -0.601. The van der Waals surface area contributed by atoms with E-state index in [-0.39, 0.29) is 17.7 Å². The maximum absolute atomic E-state index is 12.5. The molecule has 126 valence electrons. The first-order chi connectivity index (χ1) is 10.9. The van der Waals surface area contributed by atoms with Crippen LogP contribution in [0, 0.1) is 5.92 Å². The normalized spacial score (nSPS) is 16.8. The van der Waals surface area contributed by atoms with Gasteiger partial charge in [-0.05, 0) is 31.9 Å². The van der Waals surface area contributed by atoms with E-state index in [9.17, 15) is 9.59 Å². The number of carbonyl (C=O) groups excluding carboxylic acids is 2. The largest absolute Gasteiger partial charge is 0.479 e. The lowest BCUT2D eigenvalue weighted by molar-refractivity contribution is -0.142. The molecule has 1 aromatic carbocycles. The summed E-state index contributed by atoms with van der Waals surface area (Å²) < 4.78 is 5.67. The Hall–Kier alpha value is -1.75. The lowest BCUT2D eigenvalue weighted by Gasteiger charge is -2.33. The number of ether oxygens (including phenoxy) is 1. The fourth-order valence-electron chi connectivity index (χ4n) is 2.75. The number of piperidine rings is 1. The minimum Gasteiger partial charge on any atom is -0.479 e. The van der Waals surface area contributed by atoms with Gasteiger partial charge in [0.1, 0.15) is 5.75 Å². The van der Waals surface area contributed by atoms with E-state index in [1.54, 1.807) is 43.0 Å². The Balaban J connectivity index is 1.89. The van der Waals surface area contributed by atoms with Gasteiger partial charge in [-0.2, -0.15) is 0 Å². The summed E-state index contributed by atoms with van der Waals surface area (Å²) in [7, 11) is 3.53. The molecule has 23 heavy (non-hydrogen) atoms. The maximum Gasteiger partial charge on any atom is 0.263 e. The number of likely N-dealkylation sites (tertiary alicyclic amines) is 1. The van der Waals surface area contributed by atoms with Crippen LogP contribution in [0.5, 0.6) is 5.75 Å². The third kappa shape index (κ3) is 4.38. The van der Waals surface area contributed by atoms with Crippen molar-refractivity contribution in [1.29, 1.82) is 0 Å². The second-order valence-corrected chi connectivity index (χ2v) is 6.43. The topological polar surface area (TPSA) is 49.9 Å². The molecule has 1 atom stereocenters. The number of para-hydroxylation sites is 1. The third-order valence-electron chi connectivity index (χ3n) is 4.08. The van der Waals surface area contributed by atoms with Gasteiger partial charge in [0.05, 0.1) is 5.02 Å². The van der Waals surface area contributed by atoms with Gasteiger partial charge in [0.15, 0.2) is 6.10 Å². The summed E-state index contributed by atoms with van der Waals surface area (Å²) in [6.45, 7) is 2.89. The van der Waals surface area contributed by atoms with Crippen LogP contribution in [0.4, 0.5) is 0 Å². The molecule has 0 aliphatic carbocycles. The molecule has 1 saturated heterocycles. The molecule has 2 amide bonds. The average Bonchev–Trinajstić information content (AvgIpc) is 2.55. The molecular formula is C17H23ClN2O3. The molecule has 0 radical (unpaired) electrons. The Labute approximate surface area is 142 Å². The van der Waals surface area contributed by atoms with Crippen LogP contribution < -0.4 is 4.74 Å². The van der Waals surface area contributed by atoms with Crippen LogP contribution in [0.25, 0.3) is 0 Å². The number of halogens is 1. The smallest absolute Gasteiger partial charge is 0.263 e. The monoisotopic (exact) mass is 338 g/mol. The fourth-order valence-corrected chi connectivity index (χ4v) is 2.93. The molecule has 0 N–H and O–H groups in total. The van der Waals surface area contributed by atoms with Crippen molar-refractivity contribution in [2.24, 2.45) is 5.92 Å². The minimum absolute atomic E-state index is 0.00819. The molecule has 6 heteroatoms. The van der Waals surface area contributed by atoms with Gasteiger partial charge in [-0.15, -0.1) is 0 Å². The van der Waals surface area contributed by atoms with Crippen molar-refractivity contribution in [3.8, 4) is 5.75 Å². The molecule has 0 spiro atoms. The van der Waals surface area contributed by atoms with Crippen molar-refractivity contribution in [1.82, 2.24) is 9.80 Å². The van der Waals surface area contributed by atoms with Crippen LogP contribution in [0.2, 0.25) is 5.02 Å². The number of amides is 2. The first-order valence-corrected chi connectivity index (χ1v) is 8.19. The fraction of sp³-hybridized carbons (Fsp3) is 0.529. The van der Waals surface area contributed by atoms with Gasteiger partial charge >= 0.3 is 0 Å². The van der Waals surface area contributed by atoms with Crippen molar-refractivity contribution in [2.75, 3.05) is 27.2 Å². The lowest BCUT2D eigenvalue weighted by Crippen LogP contribution is -2.47. The predicted molar refractivity (Wildman–Crippen MR) is 89.5 cm³/mol. The van der Waals surface area contributed by atoms with E-state index in [1.807, 2.05) is 12.1 Å². The highest BCUT2D eigenvalue weighted by atomic mass is 35.5. The van der Waals surface area contributed by atoms with E-state index in [0.29, 0.717) is 36.7 Å². The van der Waals surface area contributed by atoms with Crippen LogP contribution in [-0.4, -0.2) is 54.9 Å². The first-order valence-electron chi connectivity index (χ1n) is 7.81. The second kappa shape index (κ2) is 7.68. The summed E-state index contributed by atoms with van der Waals surface area (Å²) in [5.74, 6) is 0.583. The summed E-state index contributed by atoms with van der Waals surface area (Å²) in [5.41, 5.74) is 0. The Kier molecular flexibility index (Phi) is 5.88. The highest BCUT2D eigenvalue weighted by molar-refractivity contribution is 6.32. The van der Waals surface area contributed by atoms with Crippen LogP contribution in [0.3, 0.4) is 0 Å². The van der Waals surface area contributed by atoms with Gasteiger partial charge in [-0.3, -0.25) is 9.59 Å². The van der Waals surface area contributed by atoms with Gasteiger partial charge in [-0.25, -0.2) is 0 Å². The molecule has 1 unspecified atom stereocenters. The van der Waals surface area contributed by atoms with Crippen molar-refractivity contribution in [3.63, 3.8) is 0 Å². The number of hydrogen-bond acceptors (Lipinski definition) is 3. The number of nitrogens with zero attached hydrogens (tertiary/aromatic N) is 2. The zero-order valence-corrected chi connectivity index (χ0v) is 14.5. The van der Waals surface area contributed by atoms with E-state index in [1.165, 1.54) is 0 Å². The second-order valence-electron chi connectivity index (χ2n) is 6.02. The van der Waals surface area contributed by atoms with Gasteiger partial charge in [0, 0.05) is 33.1 Å². The molecular weight excluding hydrogens is 316 g/mol. The van der Waals surface area contributed by atoms with E-state index >= 15 is 0 Å². The molecule has 0 aromatic heterocycles. The number of carbonyl (C=O) groups is 2. The Morgan fingerprint density at radius 1 is 1.26 bits per heavy atom. The molecule has 5 nitrogen and oxygen atoms in total. The Morgan fingerprint density at radius 2 is 1.87 bits per heavy atom. The van der Waals surface area contributed by atoms with E-state index in [0.717, 1.165) is 0 Å². The van der Waals surface area contributed by atoms with E-state index in [2.05, 4.69) is 0 Å². The summed E-state index contributed by atoms with van der Waals surface area (Å²) >= 11 is 6.05. The Bertz CT molecular complexity index is 569. The highest BCUT2D eigenvalue weighted by Gasteiger charge is 2.30. The molecule has 1 aliphatic heterocycles. The summed E-state index contributed by atoms with van der Waals surface area (Å²) in [5, 5.41) is 0.488. The van der Waals surface area contributed by atoms with E-state index < -0.39 is 6.10 Å². The molecule has 0 saturated carbocycles. The third-order valence-corrected chi connectivity index (χ3v) is 4.40. The van der Waals surface area contributed by atoms with Crippen LogP contribution in [0.1, 0.15) is 19.8 Å². The quantitative estimate of drug-likeness (QED) is 0.847. The van der Waals surface area contributed by atoms with E-state index in [4.69, 9.17) is 16.3 Å². The van der Waals surface area contributed by atoms with Crippen LogP contribution >= 0.6 is 11.6 Å². The van der Waals surface area contributed by atoms with Crippen molar-refractivity contribution >= 4 is 23.4 Å². The van der Waals surface area contributed by atoms with Crippen molar-refractivity contribution in [3.05, 3.63) is 29.3 Å². The van der Waals surface area contributed by atoms with Crippen LogP contribution in [0.15, 0.2) is 24.3 Å². The zero-order valence-electron chi connectivity index (χ0n) is 13.8. The summed E-state index contributed by atoms with van der Waals surface area (Å²) in [4.78, 5) is 27.8. The maximum atomic E-state index is 12.5.